The lowest BCUT2D eigenvalue weighted by Gasteiger charge is -2.48. The van der Waals surface area contributed by atoms with Gasteiger partial charge in [-0.2, -0.15) is 0 Å². The van der Waals surface area contributed by atoms with Crippen LogP contribution in [0.15, 0.2) is 0 Å². The minimum absolute atomic E-state index is 0.0550. The van der Waals surface area contributed by atoms with Crippen molar-refractivity contribution in [2.45, 2.75) is 36.6 Å². The Morgan fingerprint density at radius 2 is 2.29 bits per heavy atom. The standard InChI is InChI=1S/C10H16N2O5/c11-3-10-4-16-9(17-10)6(7(14)8(10)15)12-2-1-5(12)13/h6-9,14-15H,1-4,11H2/t6-,7-,8-,9?,10+/m1/s1. The number of fused-ring (bicyclic) bond motifs is 2. The second-order valence-electron chi connectivity index (χ2n) is 4.83. The molecular formula is C10H16N2O5. The number of rotatable bonds is 2. The van der Waals surface area contributed by atoms with Crippen molar-refractivity contribution >= 4 is 5.91 Å². The highest BCUT2D eigenvalue weighted by Crippen LogP contribution is 2.39. The highest BCUT2D eigenvalue weighted by atomic mass is 16.7. The number of β-lactam (4-membered cyclic amide) rings is 1. The third kappa shape index (κ3) is 1.37. The summed E-state index contributed by atoms with van der Waals surface area (Å²) in [4.78, 5) is 12.9. The second kappa shape index (κ2) is 3.63. The van der Waals surface area contributed by atoms with E-state index in [4.69, 9.17) is 15.2 Å². The van der Waals surface area contributed by atoms with Crippen molar-refractivity contribution in [3.63, 3.8) is 0 Å². The summed E-state index contributed by atoms with van der Waals surface area (Å²) in [7, 11) is 0. The van der Waals surface area contributed by atoms with Gasteiger partial charge in [-0.1, -0.05) is 0 Å². The van der Waals surface area contributed by atoms with Crippen LogP contribution in [0.25, 0.3) is 0 Å². The monoisotopic (exact) mass is 244 g/mol. The molecule has 4 N–H and O–H groups in total. The number of amides is 1. The molecule has 3 aliphatic heterocycles. The van der Waals surface area contributed by atoms with Gasteiger partial charge in [0.2, 0.25) is 5.91 Å². The number of hydrogen-bond acceptors (Lipinski definition) is 6. The summed E-state index contributed by atoms with van der Waals surface area (Å²) >= 11 is 0. The van der Waals surface area contributed by atoms with Crippen LogP contribution < -0.4 is 5.73 Å². The number of ether oxygens (including phenoxy) is 2. The van der Waals surface area contributed by atoms with E-state index in [1.807, 2.05) is 0 Å². The maximum Gasteiger partial charge on any atom is 0.224 e. The Bertz CT molecular complexity index is 352. The quantitative estimate of drug-likeness (QED) is 0.460. The highest BCUT2D eigenvalue weighted by molar-refractivity contribution is 5.82. The van der Waals surface area contributed by atoms with Gasteiger partial charge in [0.05, 0.1) is 6.61 Å². The van der Waals surface area contributed by atoms with Crippen molar-refractivity contribution < 1.29 is 24.5 Å². The van der Waals surface area contributed by atoms with E-state index in [1.165, 1.54) is 4.90 Å². The first-order valence-electron chi connectivity index (χ1n) is 5.74. The van der Waals surface area contributed by atoms with Crippen LogP contribution in [0.1, 0.15) is 6.42 Å². The van der Waals surface area contributed by atoms with Gasteiger partial charge in [0.25, 0.3) is 0 Å². The molecule has 0 saturated carbocycles. The molecular weight excluding hydrogens is 228 g/mol. The molecule has 0 radical (unpaired) electrons. The smallest absolute Gasteiger partial charge is 0.224 e. The van der Waals surface area contributed by atoms with Crippen LogP contribution in [0, 0.1) is 0 Å². The largest absolute Gasteiger partial charge is 0.388 e. The Labute approximate surface area is 98.1 Å². The number of carbonyl (C=O) groups is 1. The van der Waals surface area contributed by atoms with Gasteiger partial charge in [-0.15, -0.1) is 0 Å². The fourth-order valence-corrected chi connectivity index (χ4v) is 2.71. The number of aliphatic hydroxyl groups excluding tert-OH is 2. The predicted octanol–water partition coefficient (Wildman–Crippen LogP) is -2.61. The molecule has 7 nitrogen and oxygen atoms in total. The van der Waals surface area contributed by atoms with Crippen molar-refractivity contribution in [3.8, 4) is 0 Å². The molecule has 1 unspecified atom stereocenters. The van der Waals surface area contributed by atoms with Gasteiger partial charge >= 0.3 is 0 Å². The number of likely N-dealkylation sites (tertiary alicyclic amines) is 1. The first-order chi connectivity index (χ1) is 8.09. The van der Waals surface area contributed by atoms with Crippen LogP contribution >= 0.6 is 0 Å². The summed E-state index contributed by atoms with van der Waals surface area (Å²) in [5, 5.41) is 20.2. The summed E-state index contributed by atoms with van der Waals surface area (Å²) in [6, 6.07) is -0.631. The molecule has 3 heterocycles. The van der Waals surface area contributed by atoms with Crippen LogP contribution in [-0.4, -0.2) is 70.9 Å². The first kappa shape index (κ1) is 11.4. The van der Waals surface area contributed by atoms with E-state index in [9.17, 15) is 15.0 Å². The maximum absolute atomic E-state index is 11.4. The molecule has 2 bridgehead atoms. The van der Waals surface area contributed by atoms with Crippen LogP contribution in [0.4, 0.5) is 0 Å². The summed E-state index contributed by atoms with van der Waals surface area (Å²) in [6.07, 6.45) is -2.44. The molecule has 0 aromatic rings. The Balaban J connectivity index is 1.86. The van der Waals surface area contributed by atoms with Crippen molar-refractivity contribution in [2.75, 3.05) is 19.7 Å². The summed E-state index contributed by atoms with van der Waals surface area (Å²) in [5.41, 5.74) is 4.53. The fraction of sp³-hybridized carbons (Fsp3) is 0.900. The molecule has 0 aromatic carbocycles. The van der Waals surface area contributed by atoms with Crippen LogP contribution in [0.5, 0.6) is 0 Å². The number of hydrogen-bond donors (Lipinski definition) is 3. The van der Waals surface area contributed by atoms with Crippen molar-refractivity contribution in [1.82, 2.24) is 4.90 Å². The molecule has 96 valence electrons. The van der Waals surface area contributed by atoms with Crippen LogP contribution in [-0.2, 0) is 14.3 Å². The summed E-state index contributed by atoms with van der Waals surface area (Å²) in [6.45, 7) is 0.777. The molecule has 17 heavy (non-hydrogen) atoms. The van der Waals surface area contributed by atoms with Gasteiger partial charge in [-0.05, 0) is 0 Å². The van der Waals surface area contributed by atoms with Gasteiger partial charge in [0.1, 0.15) is 23.9 Å². The minimum Gasteiger partial charge on any atom is -0.388 e. The van der Waals surface area contributed by atoms with Crippen LogP contribution in [0.3, 0.4) is 0 Å². The van der Waals surface area contributed by atoms with Crippen molar-refractivity contribution in [3.05, 3.63) is 0 Å². The molecule has 3 fully saturated rings. The number of aliphatic hydroxyl groups is 2. The fourth-order valence-electron chi connectivity index (χ4n) is 2.71. The molecule has 5 atom stereocenters. The lowest BCUT2D eigenvalue weighted by molar-refractivity contribution is -0.245. The Morgan fingerprint density at radius 3 is 2.82 bits per heavy atom. The number of carbonyl (C=O) groups excluding carboxylic acids is 1. The summed E-state index contributed by atoms with van der Waals surface area (Å²) < 4.78 is 11.0. The topological polar surface area (TPSA) is 105 Å². The third-order valence-electron chi connectivity index (χ3n) is 3.93. The lowest BCUT2D eigenvalue weighted by Crippen LogP contribution is -2.69. The predicted molar refractivity (Wildman–Crippen MR) is 54.7 cm³/mol. The maximum atomic E-state index is 11.4. The highest BCUT2D eigenvalue weighted by Gasteiger charge is 2.61. The molecule has 0 aromatic heterocycles. The number of nitrogens with zero attached hydrogens (tertiary/aromatic N) is 1. The molecule has 0 spiro atoms. The first-order valence-corrected chi connectivity index (χ1v) is 5.74. The third-order valence-corrected chi connectivity index (χ3v) is 3.93. The van der Waals surface area contributed by atoms with Crippen molar-refractivity contribution in [2.24, 2.45) is 5.73 Å². The van der Waals surface area contributed by atoms with E-state index in [2.05, 4.69) is 0 Å². The van der Waals surface area contributed by atoms with E-state index in [0.717, 1.165) is 0 Å². The normalized spacial score (nSPS) is 49.4. The zero-order chi connectivity index (χ0) is 12.2. The Morgan fingerprint density at radius 1 is 1.53 bits per heavy atom. The average Bonchev–Trinajstić information content (AvgIpc) is 2.73. The van der Waals surface area contributed by atoms with Gasteiger partial charge in [0, 0.05) is 19.5 Å². The van der Waals surface area contributed by atoms with E-state index >= 15 is 0 Å². The molecule has 3 rings (SSSR count). The minimum atomic E-state index is -1.13. The average molecular weight is 244 g/mol. The SMILES string of the molecule is NC[C@@]12COC(O1)[C@H](N1CCC1=O)[C@@H](O)[C@H]2O. The van der Waals surface area contributed by atoms with E-state index < -0.39 is 30.1 Å². The van der Waals surface area contributed by atoms with Gasteiger partial charge < -0.3 is 30.3 Å². The van der Waals surface area contributed by atoms with Crippen molar-refractivity contribution in [1.29, 1.82) is 0 Å². The van der Waals surface area contributed by atoms with E-state index in [1.54, 1.807) is 0 Å². The molecule has 0 aliphatic carbocycles. The lowest BCUT2D eigenvalue weighted by atomic mass is 9.86. The molecule has 3 saturated heterocycles. The van der Waals surface area contributed by atoms with E-state index in [0.29, 0.717) is 13.0 Å². The van der Waals surface area contributed by atoms with Gasteiger partial charge in [-0.3, -0.25) is 4.79 Å². The molecule has 3 aliphatic rings. The van der Waals surface area contributed by atoms with Gasteiger partial charge in [-0.25, -0.2) is 0 Å². The molecule has 7 heteroatoms. The zero-order valence-electron chi connectivity index (χ0n) is 9.28. The zero-order valence-corrected chi connectivity index (χ0v) is 9.28. The Kier molecular flexibility index (Phi) is 2.43. The van der Waals surface area contributed by atoms with Gasteiger partial charge in [0.15, 0.2) is 6.29 Å². The van der Waals surface area contributed by atoms with E-state index in [-0.39, 0.29) is 19.1 Å². The number of nitrogens with two attached hydrogens (primary N) is 1. The molecule has 1 amide bonds. The second-order valence-corrected chi connectivity index (χ2v) is 4.83. The Hall–Kier alpha value is -0.730. The van der Waals surface area contributed by atoms with Crippen LogP contribution in [0.2, 0.25) is 0 Å². The summed E-state index contributed by atoms with van der Waals surface area (Å²) in [5.74, 6) is -0.0550.